The monoisotopic (exact) mass is 415 g/mol. The normalized spacial score (nSPS) is 19.2. The number of morpholine rings is 1. The van der Waals surface area contributed by atoms with Gasteiger partial charge in [0.05, 0.1) is 13.2 Å². The van der Waals surface area contributed by atoms with Crippen LogP contribution in [-0.2, 0) is 11.3 Å². The molecular formula is C19H29N9O2. The summed E-state index contributed by atoms with van der Waals surface area (Å²) >= 11 is 0. The highest BCUT2D eigenvalue weighted by atomic mass is 16.5. The van der Waals surface area contributed by atoms with Crippen molar-refractivity contribution in [2.45, 2.75) is 33.4 Å². The van der Waals surface area contributed by atoms with Crippen molar-refractivity contribution in [2.75, 3.05) is 60.6 Å². The van der Waals surface area contributed by atoms with Crippen molar-refractivity contribution >= 4 is 17.7 Å². The van der Waals surface area contributed by atoms with Crippen molar-refractivity contribution in [3.05, 3.63) is 29.3 Å². The molecule has 0 radical (unpaired) electrons. The van der Waals surface area contributed by atoms with E-state index in [4.69, 9.17) is 4.74 Å². The maximum atomic E-state index is 10.5. The van der Waals surface area contributed by atoms with Gasteiger partial charge in [-0.05, 0) is 13.0 Å². The van der Waals surface area contributed by atoms with E-state index in [0.717, 1.165) is 38.5 Å². The van der Waals surface area contributed by atoms with Gasteiger partial charge in [0.25, 0.3) is 0 Å². The third-order valence-electron chi connectivity index (χ3n) is 4.94. The zero-order chi connectivity index (χ0) is 21.3. The average molecular weight is 416 g/mol. The van der Waals surface area contributed by atoms with Crippen LogP contribution in [-0.4, -0.2) is 76.9 Å². The van der Waals surface area contributed by atoms with Crippen LogP contribution in [0.5, 0.6) is 0 Å². The highest BCUT2D eigenvalue weighted by Crippen LogP contribution is 2.21. The van der Waals surface area contributed by atoms with Crippen molar-refractivity contribution < 1.29 is 4.74 Å². The summed E-state index contributed by atoms with van der Waals surface area (Å²) in [5, 5.41) is 2.87. The fourth-order valence-electron chi connectivity index (χ4n) is 3.51. The van der Waals surface area contributed by atoms with Gasteiger partial charge in [-0.1, -0.05) is 19.0 Å². The van der Waals surface area contributed by atoms with Gasteiger partial charge in [0, 0.05) is 45.0 Å². The van der Waals surface area contributed by atoms with Gasteiger partial charge in [-0.15, -0.1) is 0 Å². The van der Waals surface area contributed by atoms with Crippen LogP contribution in [0.3, 0.4) is 0 Å². The van der Waals surface area contributed by atoms with Crippen LogP contribution in [0.15, 0.2) is 23.8 Å². The van der Waals surface area contributed by atoms with Crippen molar-refractivity contribution in [1.82, 2.24) is 24.9 Å². The highest BCUT2D eigenvalue weighted by molar-refractivity contribution is 5.45. The Morgan fingerprint density at radius 1 is 1.03 bits per heavy atom. The van der Waals surface area contributed by atoms with Gasteiger partial charge >= 0.3 is 0 Å². The Balaban J connectivity index is 0.00000124. The van der Waals surface area contributed by atoms with Crippen molar-refractivity contribution in [2.24, 2.45) is 5.18 Å². The average Bonchev–Trinajstić information content (AvgIpc) is 2.81. The van der Waals surface area contributed by atoms with Crippen molar-refractivity contribution in [1.29, 1.82) is 0 Å². The Kier molecular flexibility index (Phi) is 7.77. The first-order valence-electron chi connectivity index (χ1n) is 10.4. The Morgan fingerprint density at radius 3 is 2.47 bits per heavy atom. The molecule has 0 amide bonds. The molecule has 30 heavy (non-hydrogen) atoms. The van der Waals surface area contributed by atoms with Crippen LogP contribution >= 0.6 is 0 Å². The Labute approximate surface area is 176 Å². The predicted molar refractivity (Wildman–Crippen MR) is 115 cm³/mol. The van der Waals surface area contributed by atoms with Gasteiger partial charge in [-0.3, -0.25) is 0 Å². The number of hydrogen-bond acceptors (Lipinski definition) is 11. The lowest BCUT2D eigenvalue weighted by atomic mass is 10.2. The van der Waals surface area contributed by atoms with E-state index in [1.807, 2.05) is 19.9 Å². The summed E-state index contributed by atoms with van der Waals surface area (Å²) in [5.41, 5.74) is 0. The maximum Gasteiger partial charge on any atom is 0.230 e. The number of nitroso groups, excluding NO2 is 1. The van der Waals surface area contributed by atoms with Gasteiger partial charge in [-0.2, -0.15) is 9.89 Å². The van der Waals surface area contributed by atoms with Gasteiger partial charge in [-0.25, -0.2) is 19.9 Å². The van der Waals surface area contributed by atoms with Crippen LogP contribution in [0.1, 0.15) is 26.6 Å². The van der Waals surface area contributed by atoms with Crippen LogP contribution in [0.2, 0.25) is 0 Å². The Bertz CT molecular complexity index is 816. The molecule has 2 aromatic heterocycles. The molecule has 0 N–H and O–H groups in total. The maximum absolute atomic E-state index is 10.5. The fraction of sp³-hybridized carbons (Fsp3) is 0.632. The molecule has 2 aliphatic rings. The number of aromatic nitrogens is 5. The lowest BCUT2D eigenvalue weighted by molar-refractivity contribution is 0.122. The standard InChI is InChI=1S/C17H23N9O2.C2H6/c1-13-11-25(4-5-26(13)15-2-3-18-14(22-15)10-21-27)17-20-12-19-16(23-17)24-6-8-28-9-7-24;1-2/h2-3,12-13H,4-11H2,1H3;1-2H3. The third-order valence-corrected chi connectivity index (χ3v) is 4.94. The smallest absolute Gasteiger partial charge is 0.230 e. The fourth-order valence-corrected chi connectivity index (χ4v) is 3.51. The second-order valence-electron chi connectivity index (χ2n) is 6.79. The van der Waals surface area contributed by atoms with Crippen molar-refractivity contribution in [3.63, 3.8) is 0 Å². The molecule has 0 bridgehead atoms. The van der Waals surface area contributed by atoms with Gasteiger partial charge in [0.15, 0.2) is 5.82 Å². The summed E-state index contributed by atoms with van der Waals surface area (Å²) in [6, 6.07) is 2.06. The zero-order valence-electron chi connectivity index (χ0n) is 17.8. The first-order chi connectivity index (χ1) is 14.7. The number of piperazine rings is 1. The van der Waals surface area contributed by atoms with E-state index in [1.165, 1.54) is 0 Å². The van der Waals surface area contributed by atoms with E-state index in [-0.39, 0.29) is 12.6 Å². The molecule has 162 valence electrons. The molecule has 4 rings (SSSR count). The summed E-state index contributed by atoms with van der Waals surface area (Å²) in [6.45, 7) is 11.4. The predicted octanol–water partition coefficient (Wildman–Crippen LogP) is 1.51. The topological polar surface area (TPSA) is 113 Å². The molecule has 0 aromatic carbocycles. The first-order valence-corrected chi connectivity index (χ1v) is 10.4. The lowest BCUT2D eigenvalue weighted by Gasteiger charge is -2.40. The number of rotatable bonds is 5. The van der Waals surface area contributed by atoms with E-state index in [2.05, 4.69) is 51.7 Å². The zero-order valence-corrected chi connectivity index (χ0v) is 17.8. The minimum Gasteiger partial charge on any atom is -0.378 e. The summed E-state index contributed by atoms with van der Waals surface area (Å²) in [4.78, 5) is 38.9. The molecule has 1 unspecified atom stereocenters. The molecule has 4 heterocycles. The van der Waals surface area contributed by atoms with E-state index >= 15 is 0 Å². The molecule has 11 nitrogen and oxygen atoms in total. The molecule has 2 aliphatic heterocycles. The second-order valence-corrected chi connectivity index (χ2v) is 6.79. The summed E-state index contributed by atoms with van der Waals surface area (Å²) in [6.07, 6.45) is 3.25. The second kappa shape index (κ2) is 10.7. The quantitative estimate of drug-likeness (QED) is 0.666. The minimum absolute atomic E-state index is 0.0165. The number of ether oxygens (including phenoxy) is 1. The van der Waals surface area contributed by atoms with Gasteiger partial charge in [0.1, 0.15) is 18.7 Å². The molecule has 1 atom stereocenters. The molecule has 2 aromatic rings. The molecule has 0 saturated carbocycles. The van der Waals surface area contributed by atoms with E-state index in [1.54, 1.807) is 12.5 Å². The number of hydrogen-bond donors (Lipinski definition) is 0. The number of nitrogens with zero attached hydrogens (tertiary/aromatic N) is 9. The lowest BCUT2D eigenvalue weighted by Crippen LogP contribution is -2.53. The number of anilines is 3. The van der Waals surface area contributed by atoms with Crippen LogP contribution in [0.4, 0.5) is 17.7 Å². The van der Waals surface area contributed by atoms with Gasteiger partial charge in [0.2, 0.25) is 11.9 Å². The van der Waals surface area contributed by atoms with E-state index < -0.39 is 0 Å². The molecule has 2 saturated heterocycles. The Hall–Kier alpha value is -2.95. The van der Waals surface area contributed by atoms with E-state index in [0.29, 0.717) is 30.9 Å². The summed E-state index contributed by atoms with van der Waals surface area (Å²) < 4.78 is 5.40. The largest absolute Gasteiger partial charge is 0.378 e. The Morgan fingerprint density at radius 2 is 1.77 bits per heavy atom. The van der Waals surface area contributed by atoms with Crippen LogP contribution in [0, 0.1) is 4.91 Å². The summed E-state index contributed by atoms with van der Waals surface area (Å²) in [7, 11) is 0. The molecular weight excluding hydrogens is 386 g/mol. The summed E-state index contributed by atoms with van der Waals surface area (Å²) in [5.74, 6) is 2.64. The molecule has 0 spiro atoms. The van der Waals surface area contributed by atoms with Crippen molar-refractivity contribution in [3.8, 4) is 0 Å². The van der Waals surface area contributed by atoms with Crippen LogP contribution in [0.25, 0.3) is 0 Å². The molecule has 0 aliphatic carbocycles. The third kappa shape index (κ3) is 5.15. The highest BCUT2D eigenvalue weighted by Gasteiger charge is 2.27. The SMILES string of the molecule is CC.CC1CN(c2ncnc(N3CCOCC3)n2)CCN1c1ccnc(CN=O)n1. The first kappa shape index (κ1) is 21.8. The minimum atomic E-state index is -0.0165. The molecule has 2 fully saturated rings. The molecule has 11 heteroatoms. The van der Waals surface area contributed by atoms with Crippen LogP contribution < -0.4 is 14.7 Å². The van der Waals surface area contributed by atoms with E-state index in [9.17, 15) is 4.91 Å². The van der Waals surface area contributed by atoms with Gasteiger partial charge < -0.3 is 19.4 Å².